The van der Waals surface area contributed by atoms with E-state index in [9.17, 15) is 9.59 Å². The number of nitrogens with zero attached hydrogens (tertiary/aromatic N) is 2. The Bertz CT molecular complexity index is 959. The monoisotopic (exact) mass is 394 g/mol. The topological polar surface area (TPSA) is 40.6 Å². The molecular weight excluding hydrogens is 368 g/mol. The third-order valence-electron chi connectivity index (χ3n) is 4.67. The second kappa shape index (κ2) is 7.84. The Balaban J connectivity index is 2.09. The highest BCUT2D eigenvalue weighted by molar-refractivity contribution is 8.04. The minimum absolute atomic E-state index is 0.198. The van der Waals surface area contributed by atoms with Gasteiger partial charge < -0.3 is 4.90 Å². The molecule has 0 saturated carbocycles. The van der Waals surface area contributed by atoms with E-state index < -0.39 is 0 Å². The number of thioether (sulfide) groups is 1. The third-order valence-corrected chi connectivity index (χ3v) is 5.76. The summed E-state index contributed by atoms with van der Waals surface area (Å²) < 4.78 is 0. The molecule has 2 aromatic carbocycles. The zero-order valence-electron chi connectivity index (χ0n) is 17.2. The van der Waals surface area contributed by atoms with Crippen LogP contribution in [0.25, 0.3) is 5.57 Å². The maximum atomic E-state index is 13.4. The molecule has 0 aliphatic carbocycles. The van der Waals surface area contributed by atoms with Gasteiger partial charge in [0.05, 0.1) is 16.2 Å². The molecule has 2 amide bonds. The van der Waals surface area contributed by atoms with E-state index in [0.717, 1.165) is 22.4 Å². The van der Waals surface area contributed by atoms with Gasteiger partial charge in [-0.15, -0.1) is 11.8 Å². The zero-order valence-corrected chi connectivity index (χ0v) is 18.1. The Morgan fingerprint density at radius 2 is 1.57 bits per heavy atom. The Morgan fingerprint density at radius 1 is 0.929 bits per heavy atom. The fraction of sp³-hybridized carbons (Fsp3) is 0.304. The van der Waals surface area contributed by atoms with Gasteiger partial charge in [0.1, 0.15) is 0 Å². The lowest BCUT2D eigenvalue weighted by Gasteiger charge is -2.18. The number of imide groups is 1. The van der Waals surface area contributed by atoms with Gasteiger partial charge >= 0.3 is 0 Å². The van der Waals surface area contributed by atoms with E-state index in [1.165, 1.54) is 16.7 Å². The van der Waals surface area contributed by atoms with E-state index in [0.29, 0.717) is 16.2 Å². The first-order chi connectivity index (χ1) is 13.2. The number of rotatable bonds is 5. The van der Waals surface area contributed by atoms with Gasteiger partial charge in [0.15, 0.2) is 0 Å². The van der Waals surface area contributed by atoms with Crippen molar-refractivity contribution in [3.8, 4) is 0 Å². The van der Waals surface area contributed by atoms with Crippen LogP contribution in [0.3, 0.4) is 0 Å². The molecule has 5 heteroatoms. The summed E-state index contributed by atoms with van der Waals surface area (Å²) >= 11 is 1.46. The fourth-order valence-electron chi connectivity index (χ4n) is 3.32. The molecule has 0 bridgehead atoms. The van der Waals surface area contributed by atoms with Crippen LogP contribution in [0.4, 0.5) is 11.4 Å². The lowest BCUT2D eigenvalue weighted by molar-refractivity contribution is -0.119. The normalized spacial score (nSPS) is 14.5. The summed E-state index contributed by atoms with van der Waals surface area (Å²) in [5, 5.41) is 0.198. The molecular formula is C23H26N2O2S. The van der Waals surface area contributed by atoms with Crippen LogP contribution in [0.5, 0.6) is 0 Å². The van der Waals surface area contributed by atoms with Crippen LogP contribution in [-0.2, 0) is 9.59 Å². The lowest BCUT2D eigenvalue weighted by atomic mass is 9.99. The molecule has 0 radical (unpaired) electrons. The van der Waals surface area contributed by atoms with E-state index in [1.807, 2.05) is 89.2 Å². The summed E-state index contributed by atoms with van der Waals surface area (Å²) in [5.74, 6) is -0.492. The first-order valence-corrected chi connectivity index (χ1v) is 10.2. The van der Waals surface area contributed by atoms with E-state index in [2.05, 4.69) is 0 Å². The average Bonchev–Trinajstić information content (AvgIpc) is 2.85. The minimum Gasteiger partial charge on any atom is -0.378 e. The molecule has 3 rings (SSSR count). The van der Waals surface area contributed by atoms with Crippen LogP contribution < -0.4 is 9.80 Å². The molecule has 146 valence electrons. The van der Waals surface area contributed by atoms with Gasteiger partial charge in [-0.1, -0.05) is 37.6 Å². The van der Waals surface area contributed by atoms with Crippen molar-refractivity contribution in [2.45, 2.75) is 32.9 Å². The van der Waals surface area contributed by atoms with Gasteiger partial charge in [-0.05, 0) is 49.2 Å². The van der Waals surface area contributed by atoms with Crippen molar-refractivity contribution in [3.05, 3.63) is 64.1 Å². The Kier molecular flexibility index (Phi) is 5.66. The van der Waals surface area contributed by atoms with E-state index in [-0.39, 0.29) is 17.1 Å². The van der Waals surface area contributed by atoms with Gasteiger partial charge in [-0.2, -0.15) is 0 Å². The molecule has 0 spiro atoms. The summed E-state index contributed by atoms with van der Waals surface area (Å²) in [6, 6.07) is 13.5. The van der Waals surface area contributed by atoms with Crippen LogP contribution >= 0.6 is 11.8 Å². The number of benzene rings is 2. The maximum Gasteiger partial charge on any atom is 0.272 e. The molecule has 2 aromatic rings. The molecule has 0 fully saturated rings. The fourth-order valence-corrected chi connectivity index (χ4v) is 4.30. The predicted molar refractivity (Wildman–Crippen MR) is 119 cm³/mol. The van der Waals surface area contributed by atoms with Crippen LogP contribution in [0.2, 0.25) is 0 Å². The van der Waals surface area contributed by atoms with Crippen LogP contribution in [0.1, 0.15) is 30.5 Å². The second-order valence-electron chi connectivity index (χ2n) is 7.55. The van der Waals surface area contributed by atoms with Crippen LogP contribution in [0.15, 0.2) is 47.4 Å². The van der Waals surface area contributed by atoms with Crippen molar-refractivity contribution in [2.75, 3.05) is 23.9 Å². The number of amides is 2. The van der Waals surface area contributed by atoms with Gasteiger partial charge in [0, 0.05) is 25.0 Å². The van der Waals surface area contributed by atoms with Gasteiger partial charge in [0.25, 0.3) is 11.8 Å². The highest BCUT2D eigenvalue weighted by Crippen LogP contribution is 2.41. The first kappa shape index (κ1) is 20.2. The molecule has 28 heavy (non-hydrogen) atoms. The number of aryl methyl sites for hydroxylation is 2. The highest BCUT2D eigenvalue weighted by atomic mass is 32.2. The number of carbonyl (C=O) groups excluding carboxylic acids is 2. The molecule has 0 saturated heterocycles. The van der Waals surface area contributed by atoms with Crippen molar-refractivity contribution in [3.63, 3.8) is 0 Å². The van der Waals surface area contributed by atoms with Crippen LogP contribution in [0, 0.1) is 13.8 Å². The average molecular weight is 395 g/mol. The summed E-state index contributed by atoms with van der Waals surface area (Å²) in [5.41, 5.74) is 5.09. The Hall–Kier alpha value is -2.53. The minimum atomic E-state index is -0.252. The second-order valence-corrected chi connectivity index (χ2v) is 9.13. The SMILES string of the molecule is Cc1ccc(C2=C(SC(C)C)C(=O)N(c3ccc(N(C)C)cc3)C2=O)c(C)c1. The third kappa shape index (κ3) is 3.72. The van der Waals surface area contributed by atoms with Crippen molar-refractivity contribution < 1.29 is 9.59 Å². The van der Waals surface area contributed by atoms with Gasteiger partial charge in [0.2, 0.25) is 0 Å². The van der Waals surface area contributed by atoms with E-state index in [4.69, 9.17) is 0 Å². The number of hydrogen-bond acceptors (Lipinski definition) is 4. The summed E-state index contributed by atoms with van der Waals surface area (Å²) in [6.45, 7) is 8.07. The molecule has 4 nitrogen and oxygen atoms in total. The zero-order chi connectivity index (χ0) is 20.6. The Morgan fingerprint density at radius 3 is 2.11 bits per heavy atom. The number of hydrogen-bond donors (Lipinski definition) is 0. The number of anilines is 2. The molecule has 0 atom stereocenters. The Labute approximate surface area is 171 Å². The van der Waals surface area contributed by atoms with Crippen molar-refractivity contribution in [1.82, 2.24) is 0 Å². The van der Waals surface area contributed by atoms with Crippen LogP contribution in [-0.4, -0.2) is 31.2 Å². The summed E-state index contributed by atoms with van der Waals surface area (Å²) in [6.07, 6.45) is 0. The largest absolute Gasteiger partial charge is 0.378 e. The molecule has 0 N–H and O–H groups in total. The van der Waals surface area contributed by atoms with Crippen molar-refractivity contribution in [2.24, 2.45) is 0 Å². The summed E-state index contributed by atoms with van der Waals surface area (Å²) in [4.78, 5) is 30.5. The lowest BCUT2D eigenvalue weighted by Crippen LogP contribution is -2.31. The smallest absolute Gasteiger partial charge is 0.272 e. The standard InChI is InChI=1S/C23H26N2O2S/c1-14(2)28-21-20(19-12-7-15(3)13-16(19)4)22(26)25(23(21)27)18-10-8-17(9-11-18)24(5)6/h7-14H,1-6H3. The highest BCUT2D eigenvalue weighted by Gasteiger charge is 2.40. The van der Waals surface area contributed by atoms with E-state index >= 15 is 0 Å². The number of carbonyl (C=O) groups is 2. The van der Waals surface area contributed by atoms with Gasteiger partial charge in [-0.25, -0.2) is 4.90 Å². The summed E-state index contributed by atoms with van der Waals surface area (Å²) in [7, 11) is 3.91. The predicted octanol–water partition coefficient (Wildman–Crippen LogP) is 4.80. The molecule has 1 aliphatic heterocycles. The molecule has 1 heterocycles. The van der Waals surface area contributed by atoms with E-state index in [1.54, 1.807) is 0 Å². The molecule has 1 aliphatic rings. The molecule has 0 aromatic heterocycles. The maximum absolute atomic E-state index is 13.4. The quantitative estimate of drug-likeness (QED) is 0.684. The first-order valence-electron chi connectivity index (χ1n) is 9.35. The van der Waals surface area contributed by atoms with Gasteiger partial charge in [-0.3, -0.25) is 9.59 Å². The van der Waals surface area contributed by atoms with Crippen molar-refractivity contribution >= 4 is 40.5 Å². The van der Waals surface area contributed by atoms with Crippen molar-refractivity contribution in [1.29, 1.82) is 0 Å². The molecule has 0 unspecified atom stereocenters.